The Bertz CT molecular complexity index is 143. The fourth-order valence-corrected chi connectivity index (χ4v) is 0.679. The second-order valence-electron chi connectivity index (χ2n) is 1.99. The van der Waals surface area contributed by atoms with Crippen LogP contribution in [-0.4, -0.2) is 5.75 Å². The first kappa shape index (κ1) is 9.56. The Labute approximate surface area is 66.2 Å². The Morgan fingerprint density at radius 1 is 1.60 bits per heavy atom. The Kier molecular flexibility index (Phi) is 5.12. The minimum Gasteiger partial charge on any atom is -0.403 e. The van der Waals surface area contributed by atoms with Crippen molar-refractivity contribution in [1.29, 1.82) is 0 Å². The van der Waals surface area contributed by atoms with Crippen LogP contribution < -0.4 is 5.73 Å². The summed E-state index contributed by atoms with van der Waals surface area (Å²) in [5, 5.41) is 0. The van der Waals surface area contributed by atoms with E-state index < -0.39 is 0 Å². The van der Waals surface area contributed by atoms with Crippen LogP contribution in [0, 0.1) is 0 Å². The van der Waals surface area contributed by atoms with E-state index in [0.29, 0.717) is 24.3 Å². The molecule has 0 saturated carbocycles. The first-order valence-corrected chi connectivity index (χ1v) is 3.68. The standard InChI is InChI=1S/C7H12FNS/c1-6(9)2-3-7(8)4-5-10/h4,10H,1-3,5,9H2/b7-4+. The van der Waals surface area contributed by atoms with E-state index in [1.807, 2.05) is 0 Å². The largest absolute Gasteiger partial charge is 0.403 e. The summed E-state index contributed by atoms with van der Waals surface area (Å²) in [4.78, 5) is 0. The summed E-state index contributed by atoms with van der Waals surface area (Å²) in [6.07, 6.45) is 2.28. The Morgan fingerprint density at radius 3 is 2.60 bits per heavy atom. The molecule has 0 saturated heterocycles. The lowest BCUT2D eigenvalue weighted by Crippen LogP contribution is -1.93. The van der Waals surface area contributed by atoms with Crippen molar-refractivity contribution in [3.05, 3.63) is 24.2 Å². The van der Waals surface area contributed by atoms with E-state index in [0.717, 1.165) is 0 Å². The molecule has 10 heavy (non-hydrogen) atoms. The highest BCUT2D eigenvalue weighted by atomic mass is 32.1. The fourth-order valence-electron chi connectivity index (χ4n) is 0.481. The van der Waals surface area contributed by atoms with Gasteiger partial charge in [-0.05, 0) is 12.5 Å². The minimum absolute atomic E-state index is 0.165. The molecule has 0 aliphatic carbocycles. The van der Waals surface area contributed by atoms with E-state index in [-0.39, 0.29) is 5.83 Å². The smallest absolute Gasteiger partial charge is 0.0971 e. The third-order valence-corrected chi connectivity index (χ3v) is 1.18. The molecule has 0 atom stereocenters. The lowest BCUT2D eigenvalue weighted by molar-refractivity contribution is 0.585. The maximum Gasteiger partial charge on any atom is 0.0971 e. The highest BCUT2D eigenvalue weighted by molar-refractivity contribution is 7.80. The maximum atomic E-state index is 12.5. The first-order valence-electron chi connectivity index (χ1n) is 3.05. The summed E-state index contributed by atoms with van der Waals surface area (Å²) in [7, 11) is 0. The van der Waals surface area contributed by atoms with Gasteiger partial charge < -0.3 is 5.73 Å². The quantitative estimate of drug-likeness (QED) is 0.606. The molecule has 58 valence electrons. The Balaban J connectivity index is 3.48. The van der Waals surface area contributed by atoms with Crippen LogP contribution in [-0.2, 0) is 0 Å². The van der Waals surface area contributed by atoms with Gasteiger partial charge in [0, 0.05) is 17.9 Å². The highest BCUT2D eigenvalue weighted by Gasteiger charge is 1.93. The van der Waals surface area contributed by atoms with E-state index in [2.05, 4.69) is 19.2 Å². The lowest BCUT2D eigenvalue weighted by Gasteiger charge is -1.95. The number of allylic oxidation sites excluding steroid dienone is 2. The van der Waals surface area contributed by atoms with Crippen LogP contribution in [0.15, 0.2) is 24.2 Å². The van der Waals surface area contributed by atoms with Gasteiger partial charge in [-0.1, -0.05) is 6.58 Å². The van der Waals surface area contributed by atoms with Crippen LogP contribution in [0.25, 0.3) is 0 Å². The van der Waals surface area contributed by atoms with Crippen molar-refractivity contribution < 1.29 is 4.39 Å². The zero-order chi connectivity index (χ0) is 7.98. The van der Waals surface area contributed by atoms with Gasteiger partial charge in [0.15, 0.2) is 0 Å². The molecule has 0 amide bonds. The van der Waals surface area contributed by atoms with Gasteiger partial charge in [0.05, 0.1) is 5.83 Å². The Morgan fingerprint density at radius 2 is 2.20 bits per heavy atom. The average Bonchev–Trinajstić information content (AvgIpc) is 1.85. The molecule has 0 fully saturated rings. The first-order chi connectivity index (χ1) is 4.66. The monoisotopic (exact) mass is 161 g/mol. The second kappa shape index (κ2) is 5.35. The molecule has 0 spiro atoms. The number of halogens is 1. The Hall–Kier alpha value is -0.440. The second-order valence-corrected chi connectivity index (χ2v) is 2.36. The van der Waals surface area contributed by atoms with Crippen molar-refractivity contribution in [3.63, 3.8) is 0 Å². The van der Waals surface area contributed by atoms with E-state index >= 15 is 0 Å². The van der Waals surface area contributed by atoms with E-state index in [4.69, 9.17) is 5.73 Å². The molecule has 0 rings (SSSR count). The van der Waals surface area contributed by atoms with Crippen molar-refractivity contribution in [3.8, 4) is 0 Å². The predicted molar refractivity (Wildman–Crippen MR) is 45.6 cm³/mol. The van der Waals surface area contributed by atoms with Gasteiger partial charge in [0.25, 0.3) is 0 Å². The molecule has 0 unspecified atom stereocenters. The van der Waals surface area contributed by atoms with Crippen LogP contribution in [0.3, 0.4) is 0 Å². The number of thiol groups is 1. The van der Waals surface area contributed by atoms with Crippen molar-refractivity contribution in [2.24, 2.45) is 5.73 Å². The van der Waals surface area contributed by atoms with Crippen LogP contribution in [0.1, 0.15) is 12.8 Å². The summed E-state index contributed by atoms with van der Waals surface area (Å²) < 4.78 is 12.5. The minimum atomic E-state index is -0.165. The van der Waals surface area contributed by atoms with Crippen molar-refractivity contribution in [1.82, 2.24) is 0 Å². The van der Waals surface area contributed by atoms with Crippen LogP contribution >= 0.6 is 12.6 Å². The molecule has 0 aromatic heterocycles. The zero-order valence-corrected chi connectivity index (χ0v) is 6.70. The summed E-state index contributed by atoms with van der Waals surface area (Å²) in [6.45, 7) is 3.45. The molecule has 2 N–H and O–H groups in total. The third kappa shape index (κ3) is 5.69. The van der Waals surface area contributed by atoms with Gasteiger partial charge >= 0.3 is 0 Å². The van der Waals surface area contributed by atoms with E-state index in [9.17, 15) is 4.39 Å². The number of hydrogen-bond donors (Lipinski definition) is 2. The number of hydrogen-bond acceptors (Lipinski definition) is 2. The van der Waals surface area contributed by atoms with Crippen LogP contribution in [0.4, 0.5) is 4.39 Å². The molecule has 0 aliphatic rings. The number of rotatable bonds is 4. The lowest BCUT2D eigenvalue weighted by atomic mass is 10.2. The van der Waals surface area contributed by atoms with Crippen molar-refractivity contribution in [2.45, 2.75) is 12.8 Å². The third-order valence-electron chi connectivity index (χ3n) is 0.998. The van der Waals surface area contributed by atoms with Gasteiger partial charge in [-0.2, -0.15) is 12.6 Å². The SMILES string of the molecule is C=C(N)CC/C(F)=C\CS. The van der Waals surface area contributed by atoms with Crippen molar-refractivity contribution in [2.75, 3.05) is 5.75 Å². The summed E-state index contributed by atoms with van der Waals surface area (Å²) in [6, 6.07) is 0. The highest BCUT2D eigenvalue weighted by Crippen LogP contribution is 2.08. The molecule has 3 heteroatoms. The summed E-state index contributed by atoms with van der Waals surface area (Å²) in [5.74, 6) is 0.268. The molecular formula is C7H12FNS. The van der Waals surface area contributed by atoms with Crippen molar-refractivity contribution >= 4 is 12.6 Å². The molecule has 0 radical (unpaired) electrons. The molecule has 0 bridgehead atoms. The van der Waals surface area contributed by atoms with Gasteiger partial charge in [-0.25, -0.2) is 4.39 Å². The van der Waals surface area contributed by atoms with E-state index in [1.165, 1.54) is 6.08 Å². The van der Waals surface area contributed by atoms with Gasteiger partial charge in [-0.15, -0.1) is 0 Å². The zero-order valence-electron chi connectivity index (χ0n) is 5.81. The predicted octanol–water partition coefficient (Wildman–Crippen LogP) is 2.02. The average molecular weight is 161 g/mol. The van der Waals surface area contributed by atoms with Crippen LogP contribution in [0.5, 0.6) is 0 Å². The summed E-state index contributed by atoms with van der Waals surface area (Å²) in [5.41, 5.74) is 5.75. The topological polar surface area (TPSA) is 26.0 Å². The van der Waals surface area contributed by atoms with Gasteiger partial charge in [-0.3, -0.25) is 0 Å². The molecular weight excluding hydrogens is 149 g/mol. The van der Waals surface area contributed by atoms with Gasteiger partial charge in [0.1, 0.15) is 0 Å². The number of nitrogens with two attached hydrogens (primary N) is 1. The van der Waals surface area contributed by atoms with Gasteiger partial charge in [0.2, 0.25) is 0 Å². The molecule has 0 aromatic rings. The molecule has 0 heterocycles. The molecule has 0 aromatic carbocycles. The normalized spacial score (nSPS) is 11.6. The maximum absolute atomic E-state index is 12.5. The molecule has 0 aliphatic heterocycles. The van der Waals surface area contributed by atoms with E-state index in [1.54, 1.807) is 0 Å². The van der Waals surface area contributed by atoms with Crippen LogP contribution in [0.2, 0.25) is 0 Å². The molecule has 1 nitrogen and oxygen atoms in total. The summed E-state index contributed by atoms with van der Waals surface area (Å²) >= 11 is 3.83. The fraction of sp³-hybridized carbons (Fsp3) is 0.429.